The SMILES string of the molecule is Cc1cc(C)n(CC2(CBr)CCC2)n1. The summed E-state index contributed by atoms with van der Waals surface area (Å²) in [5.74, 6) is 0. The summed E-state index contributed by atoms with van der Waals surface area (Å²) >= 11 is 3.63. The van der Waals surface area contributed by atoms with Gasteiger partial charge in [-0.05, 0) is 38.2 Å². The molecule has 1 saturated carbocycles. The maximum absolute atomic E-state index is 4.52. The molecule has 0 unspecified atom stereocenters. The zero-order chi connectivity index (χ0) is 10.2. The second-order valence-electron chi connectivity index (χ2n) is 4.57. The van der Waals surface area contributed by atoms with E-state index in [9.17, 15) is 0 Å². The molecule has 1 fully saturated rings. The van der Waals surface area contributed by atoms with Gasteiger partial charge in [-0.15, -0.1) is 0 Å². The highest BCUT2D eigenvalue weighted by Crippen LogP contribution is 2.43. The predicted octanol–water partition coefficient (Wildman–Crippen LogP) is 3.07. The van der Waals surface area contributed by atoms with E-state index < -0.39 is 0 Å². The molecule has 1 aromatic rings. The van der Waals surface area contributed by atoms with E-state index in [1.165, 1.54) is 25.0 Å². The first-order valence-corrected chi connectivity index (χ1v) is 6.34. The van der Waals surface area contributed by atoms with E-state index in [1.54, 1.807) is 0 Å². The van der Waals surface area contributed by atoms with Crippen LogP contribution in [-0.4, -0.2) is 15.1 Å². The van der Waals surface area contributed by atoms with Gasteiger partial charge < -0.3 is 0 Å². The van der Waals surface area contributed by atoms with Crippen LogP contribution in [0, 0.1) is 19.3 Å². The molecule has 1 heterocycles. The minimum absolute atomic E-state index is 0.489. The smallest absolute Gasteiger partial charge is 0.0596 e. The van der Waals surface area contributed by atoms with Crippen LogP contribution in [0.1, 0.15) is 30.7 Å². The van der Waals surface area contributed by atoms with Crippen molar-refractivity contribution in [3.05, 3.63) is 17.5 Å². The number of halogens is 1. The summed E-state index contributed by atoms with van der Waals surface area (Å²) < 4.78 is 2.16. The Morgan fingerprint density at radius 2 is 2.21 bits per heavy atom. The molecule has 0 amide bonds. The Morgan fingerprint density at radius 1 is 1.50 bits per heavy atom. The second-order valence-corrected chi connectivity index (χ2v) is 5.13. The summed E-state index contributed by atoms with van der Waals surface area (Å²) in [6.07, 6.45) is 4.07. The van der Waals surface area contributed by atoms with Gasteiger partial charge in [-0.2, -0.15) is 5.10 Å². The van der Waals surface area contributed by atoms with Crippen molar-refractivity contribution >= 4 is 15.9 Å². The van der Waals surface area contributed by atoms with Crippen molar-refractivity contribution in [2.24, 2.45) is 5.41 Å². The lowest BCUT2D eigenvalue weighted by Crippen LogP contribution is -2.36. The molecule has 0 bridgehead atoms. The molecule has 1 aliphatic carbocycles. The van der Waals surface area contributed by atoms with E-state index >= 15 is 0 Å². The summed E-state index contributed by atoms with van der Waals surface area (Å²) in [6.45, 7) is 5.28. The molecule has 3 heteroatoms. The number of hydrogen-bond acceptors (Lipinski definition) is 1. The molecular weight excluding hydrogens is 240 g/mol. The van der Waals surface area contributed by atoms with Crippen molar-refractivity contribution in [1.82, 2.24) is 9.78 Å². The molecule has 0 saturated heterocycles. The molecule has 1 aliphatic rings. The standard InChI is InChI=1S/C11H17BrN2/c1-9-6-10(2)14(13-9)8-11(7-12)4-3-5-11/h6H,3-5,7-8H2,1-2H3. The lowest BCUT2D eigenvalue weighted by molar-refractivity contribution is 0.132. The number of alkyl halides is 1. The van der Waals surface area contributed by atoms with Gasteiger partial charge in [0.2, 0.25) is 0 Å². The van der Waals surface area contributed by atoms with E-state index in [1.807, 2.05) is 0 Å². The molecule has 2 rings (SSSR count). The van der Waals surface area contributed by atoms with Crippen LogP contribution in [0.2, 0.25) is 0 Å². The summed E-state index contributed by atoms with van der Waals surface area (Å²) in [5.41, 5.74) is 2.91. The molecule has 1 aromatic heterocycles. The third kappa shape index (κ3) is 1.74. The van der Waals surface area contributed by atoms with Crippen molar-refractivity contribution in [2.75, 3.05) is 5.33 Å². The third-order valence-corrected chi connectivity index (χ3v) is 4.48. The number of hydrogen-bond donors (Lipinski definition) is 0. The van der Waals surface area contributed by atoms with Crippen molar-refractivity contribution in [3.63, 3.8) is 0 Å². The van der Waals surface area contributed by atoms with Gasteiger partial charge in [0.15, 0.2) is 0 Å². The van der Waals surface area contributed by atoms with E-state index in [-0.39, 0.29) is 0 Å². The van der Waals surface area contributed by atoms with Crippen LogP contribution < -0.4 is 0 Å². The number of rotatable bonds is 3. The maximum atomic E-state index is 4.52. The number of aromatic nitrogens is 2. The zero-order valence-corrected chi connectivity index (χ0v) is 10.5. The summed E-state index contributed by atoms with van der Waals surface area (Å²) in [4.78, 5) is 0. The van der Waals surface area contributed by atoms with Gasteiger partial charge in [-0.25, -0.2) is 0 Å². The highest BCUT2D eigenvalue weighted by Gasteiger charge is 2.36. The van der Waals surface area contributed by atoms with Crippen molar-refractivity contribution in [3.8, 4) is 0 Å². The van der Waals surface area contributed by atoms with Gasteiger partial charge in [-0.1, -0.05) is 22.4 Å². The number of aryl methyl sites for hydroxylation is 2. The van der Waals surface area contributed by atoms with Crippen LogP contribution in [0.3, 0.4) is 0 Å². The molecule has 0 radical (unpaired) electrons. The Labute approximate surface area is 93.8 Å². The van der Waals surface area contributed by atoms with Gasteiger partial charge in [0.1, 0.15) is 0 Å². The lowest BCUT2D eigenvalue weighted by atomic mass is 9.70. The molecule has 78 valence electrons. The quantitative estimate of drug-likeness (QED) is 0.761. The van der Waals surface area contributed by atoms with Crippen LogP contribution in [0.5, 0.6) is 0 Å². The average molecular weight is 257 g/mol. The Morgan fingerprint density at radius 3 is 2.57 bits per heavy atom. The molecule has 0 spiro atoms. The minimum Gasteiger partial charge on any atom is -0.269 e. The minimum atomic E-state index is 0.489. The molecule has 0 aromatic carbocycles. The Hall–Kier alpha value is -0.310. The van der Waals surface area contributed by atoms with Crippen LogP contribution in [0.15, 0.2) is 6.07 Å². The van der Waals surface area contributed by atoms with E-state index in [4.69, 9.17) is 0 Å². The van der Waals surface area contributed by atoms with Crippen LogP contribution in [0.4, 0.5) is 0 Å². The van der Waals surface area contributed by atoms with Gasteiger partial charge >= 0.3 is 0 Å². The first kappa shape index (κ1) is 10.2. The summed E-state index contributed by atoms with van der Waals surface area (Å²) in [6, 6.07) is 2.15. The Balaban J connectivity index is 2.13. The van der Waals surface area contributed by atoms with Crippen LogP contribution in [0.25, 0.3) is 0 Å². The van der Waals surface area contributed by atoms with Crippen molar-refractivity contribution in [1.29, 1.82) is 0 Å². The van der Waals surface area contributed by atoms with E-state index in [0.717, 1.165) is 17.6 Å². The average Bonchev–Trinajstić information content (AvgIpc) is 2.38. The van der Waals surface area contributed by atoms with Gasteiger partial charge in [-0.3, -0.25) is 4.68 Å². The van der Waals surface area contributed by atoms with Gasteiger partial charge in [0.05, 0.1) is 5.69 Å². The predicted molar refractivity (Wildman–Crippen MR) is 61.8 cm³/mol. The van der Waals surface area contributed by atoms with Crippen LogP contribution >= 0.6 is 15.9 Å². The molecule has 0 N–H and O–H groups in total. The van der Waals surface area contributed by atoms with Crippen molar-refractivity contribution in [2.45, 2.75) is 39.7 Å². The van der Waals surface area contributed by atoms with E-state index in [0.29, 0.717) is 5.41 Å². The Kier molecular flexibility index (Phi) is 2.69. The van der Waals surface area contributed by atoms with Crippen molar-refractivity contribution < 1.29 is 0 Å². The Bertz CT molecular complexity index is 321. The normalized spacial score (nSPS) is 19.4. The second kappa shape index (κ2) is 3.69. The molecule has 2 nitrogen and oxygen atoms in total. The summed E-state index contributed by atoms with van der Waals surface area (Å²) in [5, 5.41) is 5.63. The fourth-order valence-electron chi connectivity index (χ4n) is 2.16. The first-order valence-electron chi connectivity index (χ1n) is 5.22. The monoisotopic (exact) mass is 256 g/mol. The molecule has 14 heavy (non-hydrogen) atoms. The zero-order valence-electron chi connectivity index (χ0n) is 8.89. The van der Waals surface area contributed by atoms with Crippen LogP contribution in [-0.2, 0) is 6.54 Å². The van der Waals surface area contributed by atoms with Gasteiger partial charge in [0, 0.05) is 17.6 Å². The fraction of sp³-hybridized carbons (Fsp3) is 0.727. The lowest BCUT2D eigenvalue weighted by Gasteiger charge is -2.40. The summed E-state index contributed by atoms with van der Waals surface area (Å²) in [7, 11) is 0. The molecule has 0 aliphatic heterocycles. The molecule has 0 atom stereocenters. The number of nitrogens with zero attached hydrogens (tertiary/aromatic N) is 2. The van der Waals surface area contributed by atoms with Gasteiger partial charge in [0.25, 0.3) is 0 Å². The highest BCUT2D eigenvalue weighted by atomic mass is 79.9. The first-order chi connectivity index (χ1) is 6.65. The van der Waals surface area contributed by atoms with E-state index in [2.05, 4.69) is 45.6 Å². The highest BCUT2D eigenvalue weighted by molar-refractivity contribution is 9.09. The topological polar surface area (TPSA) is 17.8 Å². The molecular formula is C11H17BrN2. The fourth-order valence-corrected chi connectivity index (χ4v) is 2.90. The third-order valence-electron chi connectivity index (χ3n) is 3.29. The maximum Gasteiger partial charge on any atom is 0.0596 e. The largest absolute Gasteiger partial charge is 0.269 e.